The van der Waals surface area contributed by atoms with Gasteiger partial charge in [-0.15, -0.1) is 10.2 Å². The third-order valence-corrected chi connectivity index (χ3v) is 3.63. The van der Waals surface area contributed by atoms with E-state index in [1.165, 1.54) is 25.0 Å². The summed E-state index contributed by atoms with van der Waals surface area (Å²) in [7, 11) is 0. The summed E-state index contributed by atoms with van der Waals surface area (Å²) in [6.45, 7) is 2.01. The molecule has 5 nitrogen and oxygen atoms in total. The first-order chi connectivity index (χ1) is 10.7. The minimum absolute atomic E-state index is 0.176. The number of amides is 1. The van der Waals surface area contributed by atoms with Crippen LogP contribution >= 0.6 is 0 Å². The number of hydrogen-bond acceptors (Lipinski definition) is 4. The molecule has 1 N–H and O–H groups in total. The summed E-state index contributed by atoms with van der Waals surface area (Å²) in [5.41, 5.74) is 0.751. The van der Waals surface area contributed by atoms with Crippen molar-refractivity contribution in [1.29, 1.82) is 0 Å². The van der Waals surface area contributed by atoms with Gasteiger partial charge in [-0.2, -0.15) is 0 Å². The van der Waals surface area contributed by atoms with Crippen LogP contribution in [0.3, 0.4) is 0 Å². The molecule has 0 radical (unpaired) electrons. The highest BCUT2D eigenvalue weighted by Crippen LogP contribution is 2.17. The molecule has 114 valence electrons. The Balaban J connectivity index is 1.57. The molecule has 22 heavy (non-hydrogen) atoms. The number of carbonyl (C=O) groups is 1. The highest BCUT2D eigenvalue weighted by atomic mass is 19.1. The predicted molar refractivity (Wildman–Crippen MR) is 82.2 cm³/mol. The van der Waals surface area contributed by atoms with Crippen LogP contribution in [0, 0.1) is 5.82 Å². The molecular weight excluding hydrogens is 283 g/mol. The number of benzene rings is 1. The van der Waals surface area contributed by atoms with E-state index in [1.807, 2.05) is 6.07 Å². The topological polar surface area (TPSA) is 58.1 Å². The van der Waals surface area contributed by atoms with Crippen molar-refractivity contribution in [2.24, 2.45) is 0 Å². The summed E-state index contributed by atoms with van der Waals surface area (Å²) in [6, 6.07) is 9.49. The molecule has 0 unspecified atom stereocenters. The van der Waals surface area contributed by atoms with Crippen LogP contribution in [0.5, 0.6) is 0 Å². The number of nitrogens with one attached hydrogen (secondary N) is 1. The van der Waals surface area contributed by atoms with Crippen molar-refractivity contribution < 1.29 is 9.18 Å². The summed E-state index contributed by atoms with van der Waals surface area (Å²) in [6.07, 6.45) is 2.53. The fourth-order valence-corrected chi connectivity index (χ4v) is 2.48. The number of hydrogen-bond donors (Lipinski definition) is 1. The first kappa shape index (κ1) is 14.4. The fourth-order valence-electron chi connectivity index (χ4n) is 2.48. The molecule has 3 rings (SSSR count). The van der Waals surface area contributed by atoms with Gasteiger partial charge in [0.2, 0.25) is 5.91 Å². The third kappa shape index (κ3) is 3.58. The van der Waals surface area contributed by atoms with Gasteiger partial charge in [0.05, 0.1) is 6.42 Å². The number of nitrogens with zero attached hydrogens (tertiary/aromatic N) is 3. The van der Waals surface area contributed by atoms with E-state index in [9.17, 15) is 9.18 Å². The third-order valence-electron chi connectivity index (χ3n) is 3.63. The molecule has 1 aliphatic rings. The lowest BCUT2D eigenvalue weighted by Gasteiger charge is -2.15. The van der Waals surface area contributed by atoms with Crippen molar-refractivity contribution in [2.75, 3.05) is 23.3 Å². The molecule has 2 heterocycles. The zero-order valence-electron chi connectivity index (χ0n) is 12.1. The van der Waals surface area contributed by atoms with Gasteiger partial charge in [0, 0.05) is 13.1 Å². The Hall–Kier alpha value is -2.50. The summed E-state index contributed by atoms with van der Waals surface area (Å²) < 4.78 is 12.8. The van der Waals surface area contributed by atoms with Gasteiger partial charge in [-0.3, -0.25) is 4.79 Å². The quantitative estimate of drug-likeness (QED) is 0.942. The molecule has 2 aromatic rings. The maximum absolute atomic E-state index is 12.8. The van der Waals surface area contributed by atoms with Crippen molar-refractivity contribution >= 4 is 17.5 Å². The maximum atomic E-state index is 12.8. The summed E-state index contributed by atoms with van der Waals surface area (Å²) in [4.78, 5) is 14.1. The van der Waals surface area contributed by atoms with Gasteiger partial charge in [0.1, 0.15) is 5.82 Å². The fraction of sp³-hybridized carbons (Fsp3) is 0.312. The van der Waals surface area contributed by atoms with Crippen LogP contribution in [0.1, 0.15) is 18.4 Å². The van der Waals surface area contributed by atoms with Crippen LogP contribution in [-0.4, -0.2) is 29.2 Å². The Labute approximate surface area is 128 Å². The van der Waals surface area contributed by atoms with E-state index < -0.39 is 0 Å². The Bertz CT molecular complexity index is 636. The van der Waals surface area contributed by atoms with Gasteiger partial charge in [0.15, 0.2) is 11.6 Å². The number of rotatable bonds is 4. The second-order valence-corrected chi connectivity index (χ2v) is 5.32. The lowest BCUT2D eigenvalue weighted by molar-refractivity contribution is -0.115. The van der Waals surface area contributed by atoms with E-state index in [-0.39, 0.29) is 18.1 Å². The minimum Gasteiger partial charge on any atom is -0.355 e. The zero-order valence-corrected chi connectivity index (χ0v) is 12.1. The average molecular weight is 300 g/mol. The van der Waals surface area contributed by atoms with E-state index in [2.05, 4.69) is 20.4 Å². The van der Waals surface area contributed by atoms with E-state index in [4.69, 9.17) is 0 Å². The highest BCUT2D eigenvalue weighted by Gasteiger charge is 2.14. The second kappa shape index (κ2) is 6.51. The molecule has 0 aliphatic carbocycles. The van der Waals surface area contributed by atoms with Crippen LogP contribution in [0.2, 0.25) is 0 Å². The van der Waals surface area contributed by atoms with Crippen molar-refractivity contribution in [3.63, 3.8) is 0 Å². The van der Waals surface area contributed by atoms with Crippen molar-refractivity contribution in [1.82, 2.24) is 10.2 Å². The van der Waals surface area contributed by atoms with Gasteiger partial charge < -0.3 is 10.2 Å². The molecule has 0 bridgehead atoms. The van der Waals surface area contributed by atoms with Gasteiger partial charge >= 0.3 is 0 Å². The van der Waals surface area contributed by atoms with Gasteiger partial charge in [-0.25, -0.2) is 4.39 Å². The standard InChI is InChI=1S/C16H17FN4O/c17-13-5-3-12(4-6-13)11-16(22)18-14-7-8-15(20-19-14)21-9-1-2-10-21/h3-8H,1-2,9-11H2,(H,18,19,22). The van der Waals surface area contributed by atoms with Crippen LogP contribution in [-0.2, 0) is 11.2 Å². The normalized spacial score (nSPS) is 14.1. The van der Waals surface area contributed by atoms with E-state index in [0.717, 1.165) is 24.5 Å². The smallest absolute Gasteiger partial charge is 0.229 e. The van der Waals surface area contributed by atoms with Gasteiger partial charge in [0.25, 0.3) is 0 Å². The number of anilines is 2. The highest BCUT2D eigenvalue weighted by molar-refractivity contribution is 5.91. The van der Waals surface area contributed by atoms with E-state index >= 15 is 0 Å². The van der Waals surface area contributed by atoms with E-state index in [1.54, 1.807) is 18.2 Å². The SMILES string of the molecule is O=C(Cc1ccc(F)cc1)Nc1ccc(N2CCCC2)nn1. The molecular formula is C16H17FN4O. The molecule has 1 saturated heterocycles. The zero-order chi connectivity index (χ0) is 15.4. The molecule has 1 amide bonds. The lowest BCUT2D eigenvalue weighted by atomic mass is 10.1. The summed E-state index contributed by atoms with van der Waals surface area (Å²) in [5.74, 6) is 0.756. The average Bonchev–Trinajstić information content (AvgIpc) is 3.05. The monoisotopic (exact) mass is 300 g/mol. The molecule has 6 heteroatoms. The first-order valence-electron chi connectivity index (χ1n) is 7.34. The van der Waals surface area contributed by atoms with E-state index in [0.29, 0.717) is 5.82 Å². The first-order valence-corrected chi connectivity index (χ1v) is 7.34. The molecule has 1 aromatic carbocycles. The van der Waals surface area contributed by atoms with Crippen molar-refractivity contribution in [2.45, 2.75) is 19.3 Å². The number of aromatic nitrogens is 2. The maximum Gasteiger partial charge on any atom is 0.229 e. The van der Waals surface area contributed by atoms with Crippen molar-refractivity contribution in [3.05, 3.63) is 47.8 Å². The largest absolute Gasteiger partial charge is 0.355 e. The summed E-state index contributed by atoms with van der Waals surface area (Å²) in [5, 5.41) is 10.9. The van der Waals surface area contributed by atoms with Crippen molar-refractivity contribution in [3.8, 4) is 0 Å². The molecule has 0 saturated carbocycles. The van der Waals surface area contributed by atoms with Crippen LogP contribution in [0.4, 0.5) is 16.0 Å². The van der Waals surface area contributed by atoms with Gasteiger partial charge in [-0.05, 0) is 42.7 Å². The van der Waals surface area contributed by atoms with Crippen LogP contribution in [0.15, 0.2) is 36.4 Å². The number of halogens is 1. The minimum atomic E-state index is -0.312. The Morgan fingerprint density at radius 1 is 1.09 bits per heavy atom. The number of carbonyl (C=O) groups excluding carboxylic acids is 1. The second-order valence-electron chi connectivity index (χ2n) is 5.32. The molecule has 1 fully saturated rings. The lowest BCUT2D eigenvalue weighted by Crippen LogP contribution is -2.20. The molecule has 0 atom stereocenters. The Morgan fingerprint density at radius 2 is 1.82 bits per heavy atom. The van der Waals surface area contributed by atoms with Gasteiger partial charge in [-0.1, -0.05) is 12.1 Å². The Kier molecular flexibility index (Phi) is 4.27. The molecule has 1 aliphatic heterocycles. The molecule has 1 aromatic heterocycles. The summed E-state index contributed by atoms with van der Waals surface area (Å²) >= 11 is 0. The van der Waals surface area contributed by atoms with Crippen LogP contribution in [0.25, 0.3) is 0 Å². The van der Waals surface area contributed by atoms with Crippen LogP contribution < -0.4 is 10.2 Å². The Morgan fingerprint density at radius 3 is 2.45 bits per heavy atom. The predicted octanol–water partition coefficient (Wildman–Crippen LogP) is 2.40. The molecule has 0 spiro atoms.